The predicted molar refractivity (Wildman–Crippen MR) is 88.9 cm³/mol. The highest BCUT2D eigenvalue weighted by molar-refractivity contribution is 8.55. The molecule has 0 fully saturated rings. The van der Waals surface area contributed by atoms with E-state index in [9.17, 15) is 4.57 Å². The summed E-state index contributed by atoms with van der Waals surface area (Å²) in [6.45, 7) is 1.90. The monoisotopic (exact) mass is 334 g/mol. The van der Waals surface area contributed by atoms with Crippen LogP contribution in [-0.2, 0) is 13.6 Å². The first-order valence-corrected chi connectivity index (χ1v) is 10.4. The first-order valence-electron chi connectivity index (χ1n) is 6.98. The Morgan fingerprint density at radius 3 is 2.15 bits per heavy atom. The maximum atomic E-state index is 12.8. The van der Waals surface area contributed by atoms with Crippen LogP contribution < -0.4 is 0 Å². The van der Waals surface area contributed by atoms with Crippen molar-refractivity contribution in [2.45, 2.75) is 49.3 Å². The van der Waals surface area contributed by atoms with Crippen molar-refractivity contribution in [3.8, 4) is 0 Å². The van der Waals surface area contributed by atoms with Crippen LogP contribution in [0.25, 0.3) is 0 Å². The lowest BCUT2D eigenvalue weighted by Gasteiger charge is -2.18. The predicted octanol–water partition coefficient (Wildman–Crippen LogP) is 5.81. The molecule has 114 valence electrons. The van der Waals surface area contributed by atoms with Gasteiger partial charge in [-0.1, -0.05) is 38.8 Å². The van der Waals surface area contributed by atoms with E-state index in [1.54, 1.807) is 0 Å². The van der Waals surface area contributed by atoms with Crippen molar-refractivity contribution in [3.63, 3.8) is 0 Å². The largest absolute Gasteiger partial charge is 0.393 e. The topological polar surface area (TPSA) is 35.5 Å². The van der Waals surface area contributed by atoms with Crippen LogP contribution in [0.2, 0.25) is 0 Å². The molecule has 0 saturated carbocycles. The number of unbranched alkanes of at least 4 members (excludes halogenated alkanes) is 2. The molecule has 0 radical (unpaired) electrons. The third-order valence-corrected chi connectivity index (χ3v) is 6.78. The zero-order valence-electron chi connectivity index (χ0n) is 12.1. The molecular weight excluding hydrogens is 311 g/mol. The van der Waals surface area contributed by atoms with Gasteiger partial charge in [-0.3, -0.25) is 0 Å². The molecule has 0 spiro atoms. The molecule has 20 heavy (non-hydrogen) atoms. The zero-order chi connectivity index (χ0) is 14.8. The number of hydrogen-bond donors (Lipinski definition) is 1. The normalized spacial score (nSPS) is 11.8. The van der Waals surface area contributed by atoms with Crippen LogP contribution in [0, 0.1) is 0 Å². The van der Waals surface area contributed by atoms with Crippen molar-refractivity contribution >= 4 is 30.8 Å². The van der Waals surface area contributed by atoms with Gasteiger partial charge in [0.2, 0.25) is 0 Å². The minimum Gasteiger partial charge on any atom is -0.301 e. The Morgan fingerprint density at radius 2 is 1.65 bits per heavy atom. The van der Waals surface area contributed by atoms with Crippen molar-refractivity contribution in [1.82, 2.24) is 0 Å². The Kier molecular flexibility index (Phi) is 8.98. The summed E-state index contributed by atoms with van der Waals surface area (Å²) in [6.07, 6.45) is 3.76. The molecule has 0 aliphatic rings. The molecule has 0 amide bonds. The Morgan fingerprint density at radius 1 is 1.10 bits per heavy atom. The van der Waals surface area contributed by atoms with Crippen molar-refractivity contribution in [3.05, 3.63) is 24.3 Å². The molecule has 0 unspecified atom stereocenters. The van der Waals surface area contributed by atoms with Crippen molar-refractivity contribution < 1.29 is 13.6 Å². The highest BCUT2D eigenvalue weighted by Gasteiger charge is 2.27. The van der Waals surface area contributed by atoms with E-state index >= 15 is 0 Å². The van der Waals surface area contributed by atoms with E-state index in [1.165, 1.54) is 0 Å². The van der Waals surface area contributed by atoms with Crippen LogP contribution in [0.1, 0.15) is 39.5 Å². The van der Waals surface area contributed by atoms with Crippen molar-refractivity contribution in [2.75, 3.05) is 13.2 Å². The van der Waals surface area contributed by atoms with Gasteiger partial charge in [0.25, 0.3) is 0 Å². The summed E-state index contributed by atoms with van der Waals surface area (Å²) in [5, 5.41) is 0. The summed E-state index contributed by atoms with van der Waals surface area (Å²) in [5.41, 5.74) is 0. The average molecular weight is 334 g/mol. The molecule has 0 bridgehead atoms. The molecule has 0 aliphatic carbocycles. The molecule has 0 aromatic heterocycles. The lowest BCUT2D eigenvalue weighted by atomic mass is 10.4. The van der Waals surface area contributed by atoms with Crippen molar-refractivity contribution in [1.29, 1.82) is 0 Å². The van der Waals surface area contributed by atoms with Crippen LogP contribution in [-0.4, -0.2) is 13.2 Å². The van der Waals surface area contributed by atoms with E-state index < -0.39 is 6.80 Å². The third-order valence-electron chi connectivity index (χ3n) is 2.57. The van der Waals surface area contributed by atoms with Gasteiger partial charge in [0.1, 0.15) is 0 Å². The molecule has 3 nitrogen and oxygen atoms in total. The second-order valence-electron chi connectivity index (χ2n) is 4.38. The maximum absolute atomic E-state index is 12.8. The first-order chi connectivity index (χ1) is 9.61. The summed E-state index contributed by atoms with van der Waals surface area (Å²) in [5.74, 6) is 0. The van der Waals surface area contributed by atoms with Gasteiger partial charge in [0.15, 0.2) is 0 Å². The summed E-state index contributed by atoms with van der Waals surface area (Å²) in [7, 11) is 0. The molecule has 1 aromatic rings. The van der Waals surface area contributed by atoms with Gasteiger partial charge in [0.05, 0.1) is 13.2 Å². The third kappa shape index (κ3) is 6.68. The first kappa shape index (κ1) is 18.1. The molecule has 0 aliphatic heterocycles. The van der Waals surface area contributed by atoms with Crippen LogP contribution in [0.15, 0.2) is 34.1 Å². The number of hydrogen-bond acceptors (Lipinski definition) is 5. The summed E-state index contributed by atoms with van der Waals surface area (Å²) >= 11 is 5.53. The molecule has 0 atom stereocenters. The zero-order valence-corrected chi connectivity index (χ0v) is 14.7. The van der Waals surface area contributed by atoms with Crippen LogP contribution in [0.4, 0.5) is 0 Å². The van der Waals surface area contributed by atoms with E-state index in [2.05, 4.69) is 26.5 Å². The van der Waals surface area contributed by atoms with Gasteiger partial charge in [0, 0.05) is 9.79 Å². The Labute approximate surface area is 131 Å². The van der Waals surface area contributed by atoms with Gasteiger partial charge < -0.3 is 9.05 Å². The highest BCUT2D eigenvalue weighted by Crippen LogP contribution is 2.64. The lowest BCUT2D eigenvalue weighted by Crippen LogP contribution is -1.97. The molecule has 0 saturated heterocycles. The fourth-order valence-corrected chi connectivity index (χ4v) is 5.29. The average Bonchev–Trinajstić information content (AvgIpc) is 2.42. The van der Waals surface area contributed by atoms with E-state index in [-0.39, 0.29) is 0 Å². The lowest BCUT2D eigenvalue weighted by molar-refractivity contribution is 0.215. The van der Waals surface area contributed by atoms with Gasteiger partial charge in [-0.2, -0.15) is 0 Å². The summed E-state index contributed by atoms with van der Waals surface area (Å²) < 4.78 is 23.8. The van der Waals surface area contributed by atoms with Crippen LogP contribution in [0.5, 0.6) is 0 Å². The Bertz CT molecular complexity index is 426. The quantitative estimate of drug-likeness (QED) is 0.333. The van der Waals surface area contributed by atoms with E-state index in [0.29, 0.717) is 13.2 Å². The summed E-state index contributed by atoms with van der Waals surface area (Å²) in [6, 6.07) is 7.54. The van der Waals surface area contributed by atoms with Crippen LogP contribution >= 0.6 is 30.8 Å². The van der Waals surface area contributed by atoms with Gasteiger partial charge in [-0.15, -0.1) is 12.6 Å². The highest BCUT2D eigenvalue weighted by atomic mass is 32.7. The second-order valence-corrected chi connectivity index (χ2v) is 8.78. The van der Waals surface area contributed by atoms with Gasteiger partial charge in [-0.05, 0) is 36.4 Å². The fourth-order valence-electron chi connectivity index (χ4n) is 1.39. The smallest absolute Gasteiger partial charge is 0.301 e. The standard InChI is InChI=1S/C14H23O3PS2/c1-3-5-11-16-18(15,17-12-6-4-2)20-14-10-8-7-9-13(14)19/h7-10,19H,3-6,11-12H2,1-2H3. The van der Waals surface area contributed by atoms with Gasteiger partial charge >= 0.3 is 6.80 Å². The van der Waals surface area contributed by atoms with Gasteiger partial charge in [-0.25, -0.2) is 4.57 Å². The number of thiol groups is 1. The molecule has 0 heterocycles. The molecule has 0 N–H and O–H groups in total. The Hall–Kier alpha value is 0.0700. The molecular formula is C14H23O3PS2. The van der Waals surface area contributed by atoms with E-state index in [0.717, 1.165) is 46.9 Å². The molecule has 1 rings (SSSR count). The molecule has 1 aromatic carbocycles. The minimum absolute atomic E-state index is 0.460. The molecule has 6 heteroatoms. The minimum atomic E-state index is -3.16. The fraction of sp³-hybridized carbons (Fsp3) is 0.571. The summed E-state index contributed by atoms with van der Waals surface area (Å²) in [4.78, 5) is 1.61. The SMILES string of the molecule is CCCCOP(=O)(OCCCC)Sc1ccccc1S. The second kappa shape index (κ2) is 9.91. The van der Waals surface area contributed by atoms with E-state index in [1.807, 2.05) is 24.3 Å². The Balaban J connectivity index is 2.70. The maximum Gasteiger partial charge on any atom is 0.393 e. The number of rotatable bonds is 10. The van der Waals surface area contributed by atoms with E-state index in [4.69, 9.17) is 9.05 Å². The number of benzene rings is 1. The van der Waals surface area contributed by atoms with Crippen molar-refractivity contribution in [2.24, 2.45) is 0 Å². The van der Waals surface area contributed by atoms with Crippen LogP contribution in [0.3, 0.4) is 0 Å².